The number of aliphatic hydroxyl groups excluding tert-OH is 1. The molecule has 2 aromatic carbocycles. The van der Waals surface area contributed by atoms with Gasteiger partial charge in [-0.25, -0.2) is 8.42 Å². The predicted octanol–water partition coefficient (Wildman–Crippen LogP) is 1.13. The molecule has 2 N–H and O–H groups in total. The number of fused-ring (bicyclic) bond motifs is 1. The van der Waals surface area contributed by atoms with Crippen molar-refractivity contribution < 1.29 is 18.3 Å². The number of Topliss-reactive ketones (excluding diaryl/α,β-unsaturated/α-hetero) is 1. The Morgan fingerprint density at radius 2 is 1.78 bits per heavy atom. The molecule has 2 rings (SSSR count). The van der Waals surface area contributed by atoms with Gasteiger partial charge in [-0.2, -0.15) is 4.72 Å². The number of anilines is 1. The van der Waals surface area contributed by atoms with E-state index < -0.39 is 28.5 Å². The summed E-state index contributed by atoms with van der Waals surface area (Å²) in [4.78, 5) is 13.4. The average molecular weight is 336 g/mol. The average Bonchev–Trinajstić information content (AvgIpc) is 2.50. The van der Waals surface area contributed by atoms with Gasteiger partial charge in [0.05, 0.1) is 11.5 Å². The number of nitrogens with zero attached hydrogens (tertiary/aromatic N) is 1. The van der Waals surface area contributed by atoms with Gasteiger partial charge in [0.2, 0.25) is 10.0 Å². The minimum Gasteiger partial charge on any atom is -0.394 e. The first-order valence-corrected chi connectivity index (χ1v) is 8.59. The van der Waals surface area contributed by atoms with Gasteiger partial charge in [-0.05, 0) is 19.1 Å². The highest BCUT2D eigenvalue weighted by molar-refractivity contribution is 7.89. The molecule has 6 nitrogen and oxygen atoms in total. The van der Waals surface area contributed by atoms with Crippen molar-refractivity contribution in [2.75, 3.05) is 25.6 Å². The number of nitrogens with one attached hydrogen (secondary N) is 1. The molecule has 1 unspecified atom stereocenters. The Hall–Kier alpha value is -1.96. The van der Waals surface area contributed by atoms with Crippen molar-refractivity contribution in [3.05, 3.63) is 36.4 Å². The third-order valence-corrected chi connectivity index (χ3v) is 5.13. The maximum Gasteiger partial charge on any atom is 0.241 e. The van der Waals surface area contributed by atoms with Gasteiger partial charge < -0.3 is 10.0 Å². The summed E-state index contributed by atoms with van der Waals surface area (Å²) >= 11 is 0. The topological polar surface area (TPSA) is 86.7 Å². The zero-order valence-electron chi connectivity index (χ0n) is 13.3. The van der Waals surface area contributed by atoms with E-state index in [-0.39, 0.29) is 4.90 Å². The zero-order chi connectivity index (χ0) is 17.2. The Bertz CT molecular complexity index is 831. The van der Waals surface area contributed by atoms with Crippen LogP contribution < -0.4 is 9.62 Å². The van der Waals surface area contributed by atoms with Crippen LogP contribution in [-0.4, -0.2) is 46.1 Å². The quantitative estimate of drug-likeness (QED) is 0.826. The van der Waals surface area contributed by atoms with E-state index in [9.17, 15) is 18.3 Å². The number of carbonyl (C=O) groups is 1. The molecule has 0 aromatic heterocycles. The molecule has 1 atom stereocenters. The molecule has 0 saturated heterocycles. The van der Waals surface area contributed by atoms with E-state index in [1.54, 1.807) is 18.2 Å². The molecule has 0 aliphatic carbocycles. The number of ketones is 1. The van der Waals surface area contributed by atoms with Crippen molar-refractivity contribution in [3.8, 4) is 0 Å². The lowest BCUT2D eigenvalue weighted by molar-refractivity contribution is -0.119. The number of hydrogen-bond donors (Lipinski definition) is 2. The monoisotopic (exact) mass is 336 g/mol. The number of hydrogen-bond acceptors (Lipinski definition) is 5. The molecule has 2 aromatic rings. The maximum atomic E-state index is 12.6. The second kappa shape index (κ2) is 6.66. The summed E-state index contributed by atoms with van der Waals surface area (Å²) in [5.41, 5.74) is 0.893. The Morgan fingerprint density at radius 3 is 2.35 bits per heavy atom. The first-order valence-electron chi connectivity index (χ1n) is 7.10. The molecule has 0 heterocycles. The summed E-state index contributed by atoms with van der Waals surface area (Å²) in [7, 11) is -0.174. The fraction of sp³-hybridized carbons (Fsp3) is 0.312. The molecule has 0 radical (unpaired) electrons. The van der Waals surface area contributed by atoms with Gasteiger partial charge >= 0.3 is 0 Å². The van der Waals surface area contributed by atoms with Crippen molar-refractivity contribution in [1.82, 2.24) is 4.72 Å². The van der Waals surface area contributed by atoms with Crippen LogP contribution in [0.15, 0.2) is 41.3 Å². The molecule has 0 fully saturated rings. The normalized spacial score (nSPS) is 13.0. The molecule has 0 bridgehead atoms. The summed E-state index contributed by atoms with van der Waals surface area (Å²) < 4.78 is 27.5. The van der Waals surface area contributed by atoms with Crippen LogP contribution >= 0.6 is 0 Å². The largest absolute Gasteiger partial charge is 0.394 e. The van der Waals surface area contributed by atoms with E-state index in [1.807, 2.05) is 31.1 Å². The summed E-state index contributed by atoms with van der Waals surface area (Å²) in [6, 6.07) is 9.25. The van der Waals surface area contributed by atoms with Crippen molar-refractivity contribution >= 4 is 32.3 Å². The number of aliphatic hydroxyl groups is 1. The van der Waals surface area contributed by atoms with E-state index in [1.165, 1.54) is 13.0 Å². The number of rotatable bonds is 6. The Balaban J connectivity index is 2.59. The highest BCUT2D eigenvalue weighted by Crippen LogP contribution is 2.30. The van der Waals surface area contributed by atoms with Crippen LogP contribution in [0.1, 0.15) is 6.92 Å². The van der Waals surface area contributed by atoms with Gasteiger partial charge in [-0.3, -0.25) is 4.79 Å². The lowest BCUT2D eigenvalue weighted by atomic mass is 10.1. The Kier molecular flexibility index (Phi) is 5.03. The highest BCUT2D eigenvalue weighted by Gasteiger charge is 2.24. The van der Waals surface area contributed by atoms with E-state index in [0.717, 1.165) is 11.1 Å². The van der Waals surface area contributed by atoms with Gasteiger partial charge in [0.1, 0.15) is 11.8 Å². The van der Waals surface area contributed by atoms with Gasteiger partial charge in [-0.1, -0.05) is 24.3 Å². The third-order valence-electron chi connectivity index (χ3n) is 3.60. The van der Waals surface area contributed by atoms with Gasteiger partial charge in [0, 0.05) is 30.6 Å². The molecular formula is C16H20N2O4S. The second-order valence-electron chi connectivity index (χ2n) is 5.49. The van der Waals surface area contributed by atoms with Crippen molar-refractivity contribution in [3.63, 3.8) is 0 Å². The molecule has 0 spiro atoms. The summed E-state index contributed by atoms with van der Waals surface area (Å²) in [5, 5.41) is 10.5. The van der Waals surface area contributed by atoms with Gasteiger partial charge in [0.15, 0.2) is 0 Å². The molecular weight excluding hydrogens is 316 g/mol. The minimum absolute atomic E-state index is 0.0819. The van der Waals surface area contributed by atoms with E-state index >= 15 is 0 Å². The van der Waals surface area contributed by atoms with Gasteiger partial charge in [0.25, 0.3) is 0 Å². The molecule has 0 saturated carbocycles. The van der Waals surface area contributed by atoms with Crippen LogP contribution in [-0.2, 0) is 14.8 Å². The number of benzene rings is 2. The van der Waals surface area contributed by atoms with Crippen LogP contribution in [0.3, 0.4) is 0 Å². The molecule has 7 heteroatoms. The highest BCUT2D eigenvalue weighted by atomic mass is 32.2. The fourth-order valence-corrected chi connectivity index (χ4v) is 3.86. The van der Waals surface area contributed by atoms with Crippen LogP contribution in [0.5, 0.6) is 0 Å². The smallest absolute Gasteiger partial charge is 0.241 e. The number of sulfonamides is 1. The van der Waals surface area contributed by atoms with Gasteiger partial charge in [-0.15, -0.1) is 0 Å². The molecule has 23 heavy (non-hydrogen) atoms. The van der Waals surface area contributed by atoms with Crippen LogP contribution in [0.25, 0.3) is 10.8 Å². The minimum atomic E-state index is -3.94. The fourth-order valence-electron chi connectivity index (χ4n) is 2.39. The number of carbonyl (C=O) groups excluding carboxylic acids is 1. The maximum absolute atomic E-state index is 12.6. The summed E-state index contributed by atoms with van der Waals surface area (Å²) in [6.07, 6.45) is 0. The first-order chi connectivity index (χ1) is 10.8. The standard InChI is InChI=1S/C16H20N2O4S/c1-11(20)14(10-19)17-23(21,22)16-9-5-6-12-13(16)7-4-8-15(12)18(2)3/h4-9,14,17,19H,10H2,1-3H3. The second-order valence-corrected chi connectivity index (χ2v) is 7.17. The van der Waals surface area contributed by atoms with Crippen LogP contribution in [0.2, 0.25) is 0 Å². The molecule has 124 valence electrons. The lowest BCUT2D eigenvalue weighted by Gasteiger charge is -2.18. The third kappa shape index (κ3) is 3.52. The Labute approximate surface area is 135 Å². The first kappa shape index (κ1) is 17.4. The van der Waals surface area contributed by atoms with Crippen LogP contribution in [0, 0.1) is 0 Å². The van der Waals surface area contributed by atoms with Crippen molar-refractivity contribution in [1.29, 1.82) is 0 Å². The summed E-state index contributed by atoms with van der Waals surface area (Å²) in [5.74, 6) is -0.440. The van der Waals surface area contributed by atoms with E-state index in [0.29, 0.717) is 5.39 Å². The zero-order valence-corrected chi connectivity index (χ0v) is 14.1. The van der Waals surface area contributed by atoms with Crippen molar-refractivity contribution in [2.24, 2.45) is 0 Å². The van der Waals surface area contributed by atoms with Crippen LogP contribution in [0.4, 0.5) is 5.69 Å². The van der Waals surface area contributed by atoms with Crippen molar-refractivity contribution in [2.45, 2.75) is 17.9 Å². The summed E-state index contributed by atoms with van der Waals surface area (Å²) in [6.45, 7) is 0.652. The molecule has 0 aliphatic rings. The van der Waals surface area contributed by atoms with E-state index in [4.69, 9.17) is 0 Å². The lowest BCUT2D eigenvalue weighted by Crippen LogP contribution is -2.42. The SMILES string of the molecule is CC(=O)C(CO)NS(=O)(=O)c1cccc2c(N(C)C)cccc12. The predicted molar refractivity (Wildman–Crippen MR) is 90.2 cm³/mol. The molecule has 0 aliphatic heterocycles. The molecule has 0 amide bonds. The van der Waals surface area contributed by atoms with E-state index in [2.05, 4.69) is 4.72 Å². The Morgan fingerprint density at radius 1 is 1.17 bits per heavy atom.